The maximum atomic E-state index is 9.35. The van der Waals surface area contributed by atoms with Gasteiger partial charge in [0.25, 0.3) is 0 Å². The van der Waals surface area contributed by atoms with E-state index in [1.165, 1.54) is 0 Å². The lowest BCUT2D eigenvalue weighted by atomic mass is 9.98. The summed E-state index contributed by atoms with van der Waals surface area (Å²) in [6, 6.07) is 5.72. The lowest BCUT2D eigenvalue weighted by Gasteiger charge is -2.30. The average Bonchev–Trinajstić information content (AvgIpc) is 2.42. The Morgan fingerprint density at radius 3 is 2.44 bits per heavy atom. The SMILES string of the molecule is CCC(CO)(CO)NCc1ccc(OC)cc1Br. The summed E-state index contributed by atoms with van der Waals surface area (Å²) >= 11 is 3.48. The third-order valence-corrected chi connectivity index (χ3v) is 3.93. The molecule has 0 aliphatic heterocycles. The minimum atomic E-state index is -0.626. The zero-order chi connectivity index (χ0) is 13.6. The van der Waals surface area contributed by atoms with E-state index in [2.05, 4.69) is 21.2 Å². The van der Waals surface area contributed by atoms with Gasteiger partial charge in [-0.1, -0.05) is 28.9 Å². The van der Waals surface area contributed by atoms with Gasteiger partial charge in [0, 0.05) is 11.0 Å². The van der Waals surface area contributed by atoms with Crippen LogP contribution in [-0.2, 0) is 6.54 Å². The number of hydrogen-bond acceptors (Lipinski definition) is 4. The van der Waals surface area contributed by atoms with E-state index < -0.39 is 5.54 Å². The van der Waals surface area contributed by atoms with Crippen LogP contribution in [0.15, 0.2) is 22.7 Å². The third-order valence-electron chi connectivity index (χ3n) is 3.20. The van der Waals surface area contributed by atoms with Crippen molar-refractivity contribution in [1.29, 1.82) is 0 Å². The van der Waals surface area contributed by atoms with E-state index in [9.17, 15) is 10.2 Å². The van der Waals surface area contributed by atoms with Crippen molar-refractivity contribution in [2.75, 3.05) is 20.3 Å². The largest absolute Gasteiger partial charge is 0.497 e. The van der Waals surface area contributed by atoms with Gasteiger partial charge in [-0.2, -0.15) is 0 Å². The maximum absolute atomic E-state index is 9.35. The van der Waals surface area contributed by atoms with Gasteiger partial charge in [0.15, 0.2) is 0 Å². The van der Waals surface area contributed by atoms with Crippen LogP contribution in [0.25, 0.3) is 0 Å². The van der Waals surface area contributed by atoms with Crippen molar-refractivity contribution in [1.82, 2.24) is 5.32 Å². The van der Waals surface area contributed by atoms with E-state index >= 15 is 0 Å². The molecule has 1 aromatic carbocycles. The molecule has 0 heterocycles. The monoisotopic (exact) mass is 317 g/mol. The van der Waals surface area contributed by atoms with E-state index in [-0.39, 0.29) is 13.2 Å². The highest BCUT2D eigenvalue weighted by molar-refractivity contribution is 9.10. The maximum Gasteiger partial charge on any atom is 0.120 e. The molecule has 1 aromatic rings. The van der Waals surface area contributed by atoms with Crippen molar-refractivity contribution < 1.29 is 14.9 Å². The van der Waals surface area contributed by atoms with Crippen molar-refractivity contribution in [2.24, 2.45) is 0 Å². The fourth-order valence-electron chi connectivity index (χ4n) is 1.59. The minimum Gasteiger partial charge on any atom is -0.497 e. The van der Waals surface area contributed by atoms with E-state index in [0.717, 1.165) is 15.8 Å². The van der Waals surface area contributed by atoms with Crippen LogP contribution in [0.1, 0.15) is 18.9 Å². The van der Waals surface area contributed by atoms with Crippen molar-refractivity contribution >= 4 is 15.9 Å². The number of methoxy groups -OCH3 is 1. The van der Waals surface area contributed by atoms with Crippen LogP contribution < -0.4 is 10.1 Å². The predicted octanol–water partition coefficient (Wildman–Crippen LogP) is 1.68. The number of nitrogens with one attached hydrogen (secondary N) is 1. The number of benzene rings is 1. The van der Waals surface area contributed by atoms with E-state index in [1.807, 2.05) is 25.1 Å². The Bertz CT molecular complexity index is 372. The summed E-state index contributed by atoms with van der Waals surface area (Å²) in [5, 5.41) is 21.9. The first-order valence-electron chi connectivity index (χ1n) is 5.90. The fourth-order valence-corrected chi connectivity index (χ4v) is 2.09. The summed E-state index contributed by atoms with van der Waals surface area (Å²) in [5.41, 5.74) is 0.426. The first kappa shape index (κ1) is 15.4. The molecule has 0 radical (unpaired) electrons. The average molecular weight is 318 g/mol. The number of aliphatic hydroxyl groups excluding tert-OH is 2. The Balaban J connectivity index is 2.73. The third kappa shape index (κ3) is 3.68. The number of rotatable bonds is 7. The van der Waals surface area contributed by atoms with Crippen LogP contribution in [0.4, 0.5) is 0 Å². The summed E-state index contributed by atoms with van der Waals surface area (Å²) in [6.45, 7) is 2.32. The molecule has 4 nitrogen and oxygen atoms in total. The van der Waals surface area contributed by atoms with Crippen LogP contribution in [0, 0.1) is 0 Å². The molecule has 0 spiro atoms. The molecule has 5 heteroatoms. The molecule has 0 fully saturated rings. The summed E-state index contributed by atoms with van der Waals surface area (Å²) < 4.78 is 6.07. The number of ether oxygens (including phenoxy) is 1. The Kier molecular flexibility index (Phi) is 6.08. The van der Waals surface area contributed by atoms with Gasteiger partial charge >= 0.3 is 0 Å². The Morgan fingerprint density at radius 1 is 1.33 bits per heavy atom. The van der Waals surface area contributed by atoms with Crippen molar-refractivity contribution in [3.63, 3.8) is 0 Å². The van der Waals surface area contributed by atoms with Gasteiger partial charge in [-0.3, -0.25) is 0 Å². The lowest BCUT2D eigenvalue weighted by molar-refractivity contribution is 0.0863. The molecule has 0 saturated carbocycles. The molecule has 0 unspecified atom stereocenters. The molecule has 0 saturated heterocycles. The van der Waals surface area contributed by atoms with E-state index in [4.69, 9.17) is 4.74 Å². The highest BCUT2D eigenvalue weighted by Gasteiger charge is 2.25. The smallest absolute Gasteiger partial charge is 0.120 e. The number of halogens is 1. The molecule has 102 valence electrons. The molecule has 0 aliphatic carbocycles. The van der Waals surface area contributed by atoms with E-state index in [1.54, 1.807) is 7.11 Å². The quantitative estimate of drug-likeness (QED) is 0.716. The summed E-state index contributed by atoms with van der Waals surface area (Å²) in [4.78, 5) is 0. The van der Waals surface area contributed by atoms with Gasteiger partial charge in [0.05, 0.1) is 25.9 Å². The normalized spacial score (nSPS) is 11.6. The molecule has 0 atom stereocenters. The second-order valence-corrected chi connectivity index (χ2v) is 5.12. The molecular weight excluding hydrogens is 298 g/mol. The summed E-state index contributed by atoms with van der Waals surface area (Å²) in [5.74, 6) is 0.789. The first-order valence-corrected chi connectivity index (χ1v) is 6.69. The molecule has 3 N–H and O–H groups in total. The van der Waals surface area contributed by atoms with Gasteiger partial charge in [0.1, 0.15) is 5.75 Å². The van der Waals surface area contributed by atoms with Crippen molar-refractivity contribution in [3.05, 3.63) is 28.2 Å². The van der Waals surface area contributed by atoms with Crippen molar-refractivity contribution in [3.8, 4) is 5.75 Å². The lowest BCUT2D eigenvalue weighted by Crippen LogP contribution is -2.50. The zero-order valence-electron chi connectivity index (χ0n) is 10.7. The van der Waals surface area contributed by atoms with Gasteiger partial charge in [-0.25, -0.2) is 0 Å². The molecule has 1 rings (SSSR count). The van der Waals surface area contributed by atoms with Gasteiger partial charge in [0.2, 0.25) is 0 Å². The van der Waals surface area contributed by atoms with Gasteiger partial charge < -0.3 is 20.3 Å². The first-order chi connectivity index (χ1) is 8.60. The Morgan fingerprint density at radius 2 is 2.00 bits per heavy atom. The molecule has 0 aliphatic rings. The highest BCUT2D eigenvalue weighted by Crippen LogP contribution is 2.23. The van der Waals surface area contributed by atoms with Crippen molar-refractivity contribution in [2.45, 2.75) is 25.4 Å². The highest BCUT2D eigenvalue weighted by atomic mass is 79.9. The van der Waals surface area contributed by atoms with E-state index in [0.29, 0.717) is 13.0 Å². The van der Waals surface area contributed by atoms with Gasteiger partial charge in [-0.15, -0.1) is 0 Å². The van der Waals surface area contributed by atoms with Gasteiger partial charge in [-0.05, 0) is 24.1 Å². The second kappa shape index (κ2) is 7.09. The van der Waals surface area contributed by atoms with Crippen LogP contribution in [0.2, 0.25) is 0 Å². The standard InChI is InChI=1S/C13H20BrNO3/c1-3-13(8-16,9-17)15-7-10-4-5-11(18-2)6-12(10)14/h4-6,15-17H,3,7-9H2,1-2H3. The van der Waals surface area contributed by atoms with Crippen LogP contribution >= 0.6 is 15.9 Å². The van der Waals surface area contributed by atoms with Crippen LogP contribution in [0.3, 0.4) is 0 Å². The summed E-state index contributed by atoms with van der Waals surface area (Å²) in [7, 11) is 1.62. The minimum absolute atomic E-state index is 0.0895. The molecule has 0 bridgehead atoms. The topological polar surface area (TPSA) is 61.7 Å². The Labute approximate surface area is 116 Å². The van der Waals surface area contributed by atoms with Crippen LogP contribution in [0.5, 0.6) is 5.75 Å². The number of hydrogen-bond donors (Lipinski definition) is 3. The predicted molar refractivity (Wildman–Crippen MR) is 74.7 cm³/mol. The van der Waals surface area contributed by atoms with Crippen LogP contribution in [-0.4, -0.2) is 36.1 Å². The zero-order valence-corrected chi connectivity index (χ0v) is 12.3. The molecule has 0 aromatic heterocycles. The molecule has 18 heavy (non-hydrogen) atoms. The molecular formula is C13H20BrNO3. The second-order valence-electron chi connectivity index (χ2n) is 4.26. The summed E-state index contributed by atoms with van der Waals surface area (Å²) in [6.07, 6.45) is 0.660. The number of aliphatic hydroxyl groups is 2. The molecule has 0 amide bonds. The fraction of sp³-hybridized carbons (Fsp3) is 0.538. The Hall–Kier alpha value is -0.620.